The molecule has 0 radical (unpaired) electrons. The minimum absolute atomic E-state index is 0.618. The molecule has 0 aliphatic rings. The predicted molar refractivity (Wildman–Crippen MR) is 70.9 cm³/mol. The Bertz CT molecular complexity index is 578. The van der Waals surface area contributed by atoms with Gasteiger partial charge in [0.1, 0.15) is 0 Å². The average Bonchev–Trinajstić information content (AvgIpc) is 2.39. The van der Waals surface area contributed by atoms with Crippen molar-refractivity contribution in [1.82, 2.24) is 0 Å². The van der Waals surface area contributed by atoms with E-state index < -0.39 is 0 Å². The van der Waals surface area contributed by atoms with Crippen molar-refractivity contribution in [3.05, 3.63) is 65.2 Å². The molecule has 0 saturated carbocycles. The molecule has 0 aliphatic heterocycles. The SMILES string of the molecule is N#Cc1ccc(N)c(/C=C/c2ccccc2)c1. The lowest BCUT2D eigenvalue weighted by Crippen LogP contribution is -1.89. The van der Waals surface area contributed by atoms with E-state index in [0.29, 0.717) is 11.3 Å². The van der Waals surface area contributed by atoms with Gasteiger partial charge in [0.25, 0.3) is 0 Å². The maximum Gasteiger partial charge on any atom is 0.0991 e. The van der Waals surface area contributed by atoms with E-state index in [1.165, 1.54) is 0 Å². The summed E-state index contributed by atoms with van der Waals surface area (Å²) in [6.45, 7) is 0. The zero-order chi connectivity index (χ0) is 12.1. The highest BCUT2D eigenvalue weighted by Crippen LogP contribution is 2.17. The van der Waals surface area contributed by atoms with Crippen molar-refractivity contribution in [1.29, 1.82) is 5.26 Å². The number of nitrogen functional groups attached to an aromatic ring is 1. The minimum atomic E-state index is 0.618. The van der Waals surface area contributed by atoms with Crippen molar-refractivity contribution in [2.45, 2.75) is 0 Å². The van der Waals surface area contributed by atoms with Gasteiger partial charge in [0.2, 0.25) is 0 Å². The Labute approximate surface area is 101 Å². The number of benzene rings is 2. The second-order valence-corrected chi connectivity index (χ2v) is 3.70. The summed E-state index contributed by atoms with van der Waals surface area (Å²) in [4.78, 5) is 0. The third-order valence-corrected chi connectivity index (χ3v) is 2.47. The van der Waals surface area contributed by atoms with Crippen molar-refractivity contribution in [3.8, 4) is 6.07 Å². The molecule has 2 rings (SSSR count). The molecule has 0 amide bonds. The number of anilines is 1. The first-order valence-electron chi connectivity index (χ1n) is 5.32. The first-order valence-corrected chi connectivity index (χ1v) is 5.32. The third kappa shape index (κ3) is 2.73. The van der Waals surface area contributed by atoms with Crippen LogP contribution in [0.15, 0.2) is 48.5 Å². The van der Waals surface area contributed by atoms with E-state index in [-0.39, 0.29) is 0 Å². The highest BCUT2D eigenvalue weighted by atomic mass is 14.6. The molecule has 0 heterocycles. The molecule has 0 spiro atoms. The number of nitrogens with zero attached hydrogens (tertiary/aromatic N) is 1. The maximum absolute atomic E-state index is 8.82. The van der Waals surface area contributed by atoms with E-state index in [1.807, 2.05) is 42.5 Å². The lowest BCUT2D eigenvalue weighted by Gasteiger charge is -2.00. The van der Waals surface area contributed by atoms with Gasteiger partial charge in [-0.2, -0.15) is 5.26 Å². The normalized spacial score (nSPS) is 10.3. The van der Waals surface area contributed by atoms with Gasteiger partial charge in [0.05, 0.1) is 11.6 Å². The molecule has 2 aromatic rings. The van der Waals surface area contributed by atoms with Crippen LogP contribution in [0.4, 0.5) is 5.69 Å². The Morgan fingerprint density at radius 3 is 2.47 bits per heavy atom. The summed E-state index contributed by atoms with van der Waals surface area (Å²) in [6.07, 6.45) is 3.90. The summed E-state index contributed by atoms with van der Waals surface area (Å²) in [5.41, 5.74) is 9.12. The van der Waals surface area contributed by atoms with Crippen LogP contribution in [-0.2, 0) is 0 Å². The lowest BCUT2D eigenvalue weighted by molar-refractivity contribution is 1.48. The van der Waals surface area contributed by atoms with E-state index in [9.17, 15) is 0 Å². The third-order valence-electron chi connectivity index (χ3n) is 2.47. The van der Waals surface area contributed by atoms with Gasteiger partial charge in [-0.3, -0.25) is 0 Å². The van der Waals surface area contributed by atoms with Crippen LogP contribution in [-0.4, -0.2) is 0 Å². The molecule has 17 heavy (non-hydrogen) atoms. The first kappa shape index (κ1) is 11.0. The van der Waals surface area contributed by atoms with Crippen LogP contribution < -0.4 is 5.73 Å². The molecule has 0 fully saturated rings. The molecule has 2 nitrogen and oxygen atoms in total. The second-order valence-electron chi connectivity index (χ2n) is 3.70. The molecule has 0 aliphatic carbocycles. The molecule has 82 valence electrons. The van der Waals surface area contributed by atoms with E-state index >= 15 is 0 Å². The molecule has 0 atom stereocenters. The summed E-state index contributed by atoms with van der Waals surface area (Å²) in [7, 11) is 0. The van der Waals surface area contributed by atoms with Gasteiger partial charge >= 0.3 is 0 Å². The van der Waals surface area contributed by atoms with Crippen LogP contribution in [0, 0.1) is 11.3 Å². The number of rotatable bonds is 2. The minimum Gasteiger partial charge on any atom is -0.398 e. The Balaban J connectivity index is 2.30. The second kappa shape index (κ2) is 5.00. The fourth-order valence-corrected chi connectivity index (χ4v) is 1.54. The standard InChI is InChI=1S/C15H12N2/c16-11-13-7-9-15(17)14(10-13)8-6-12-4-2-1-3-5-12/h1-10H,17H2/b8-6+. The first-order chi connectivity index (χ1) is 8.29. The summed E-state index contributed by atoms with van der Waals surface area (Å²) >= 11 is 0. The van der Waals surface area contributed by atoms with Gasteiger partial charge in [-0.25, -0.2) is 0 Å². The molecule has 0 aromatic heterocycles. The fourth-order valence-electron chi connectivity index (χ4n) is 1.54. The van der Waals surface area contributed by atoms with Crippen molar-refractivity contribution < 1.29 is 0 Å². The predicted octanol–water partition coefficient (Wildman–Crippen LogP) is 3.31. The Kier molecular flexibility index (Phi) is 3.23. The number of hydrogen-bond acceptors (Lipinski definition) is 2. The van der Waals surface area contributed by atoms with Crippen molar-refractivity contribution >= 4 is 17.8 Å². The van der Waals surface area contributed by atoms with Crippen molar-refractivity contribution in [2.75, 3.05) is 5.73 Å². The molecule has 0 saturated heterocycles. The quantitative estimate of drug-likeness (QED) is 0.623. The van der Waals surface area contributed by atoms with Crippen molar-refractivity contribution in [3.63, 3.8) is 0 Å². The van der Waals surface area contributed by atoms with Crippen LogP contribution >= 0.6 is 0 Å². The van der Waals surface area contributed by atoms with Crippen molar-refractivity contribution in [2.24, 2.45) is 0 Å². The van der Waals surface area contributed by atoms with Crippen LogP contribution in [0.5, 0.6) is 0 Å². The number of nitriles is 1. The summed E-state index contributed by atoms with van der Waals surface area (Å²) in [6, 6.07) is 17.3. The van der Waals surface area contributed by atoms with E-state index in [4.69, 9.17) is 11.0 Å². The van der Waals surface area contributed by atoms with E-state index in [1.54, 1.807) is 18.2 Å². The molecule has 0 bridgehead atoms. The number of hydrogen-bond donors (Lipinski definition) is 1. The molecule has 2 heteroatoms. The number of nitrogens with two attached hydrogens (primary N) is 1. The molecule has 2 N–H and O–H groups in total. The highest BCUT2D eigenvalue weighted by Gasteiger charge is 1.97. The molecular weight excluding hydrogens is 208 g/mol. The zero-order valence-electron chi connectivity index (χ0n) is 9.30. The smallest absolute Gasteiger partial charge is 0.0991 e. The van der Waals surface area contributed by atoms with Gasteiger partial charge in [-0.1, -0.05) is 42.5 Å². The largest absolute Gasteiger partial charge is 0.398 e. The molecule has 0 unspecified atom stereocenters. The molecular formula is C15H12N2. The zero-order valence-corrected chi connectivity index (χ0v) is 9.30. The van der Waals surface area contributed by atoms with Crippen LogP contribution in [0.3, 0.4) is 0 Å². The van der Waals surface area contributed by atoms with Gasteiger partial charge < -0.3 is 5.73 Å². The topological polar surface area (TPSA) is 49.8 Å². The van der Waals surface area contributed by atoms with Gasteiger partial charge in [-0.15, -0.1) is 0 Å². The summed E-state index contributed by atoms with van der Waals surface area (Å²) in [5, 5.41) is 8.82. The van der Waals surface area contributed by atoms with Gasteiger partial charge in [-0.05, 0) is 29.3 Å². The van der Waals surface area contributed by atoms with Gasteiger partial charge in [0.15, 0.2) is 0 Å². The van der Waals surface area contributed by atoms with E-state index in [0.717, 1.165) is 11.1 Å². The summed E-state index contributed by atoms with van der Waals surface area (Å²) < 4.78 is 0. The molecule has 2 aromatic carbocycles. The average molecular weight is 220 g/mol. The van der Waals surface area contributed by atoms with E-state index in [2.05, 4.69) is 6.07 Å². The highest BCUT2D eigenvalue weighted by molar-refractivity contribution is 5.76. The maximum atomic E-state index is 8.82. The van der Waals surface area contributed by atoms with Crippen LogP contribution in [0.25, 0.3) is 12.2 Å². The Morgan fingerprint density at radius 2 is 1.76 bits per heavy atom. The van der Waals surface area contributed by atoms with Gasteiger partial charge in [0, 0.05) is 5.69 Å². The lowest BCUT2D eigenvalue weighted by atomic mass is 10.1. The summed E-state index contributed by atoms with van der Waals surface area (Å²) in [5.74, 6) is 0. The Morgan fingerprint density at radius 1 is 1.00 bits per heavy atom. The van der Waals surface area contributed by atoms with Crippen LogP contribution in [0.1, 0.15) is 16.7 Å². The fraction of sp³-hybridized carbons (Fsp3) is 0. The Hall–Kier alpha value is -2.53. The van der Waals surface area contributed by atoms with Crippen LogP contribution in [0.2, 0.25) is 0 Å². The monoisotopic (exact) mass is 220 g/mol.